The van der Waals surface area contributed by atoms with Crippen molar-refractivity contribution in [3.8, 4) is 5.75 Å². The molecule has 0 saturated heterocycles. The number of carbonyl (C=O) groups is 2. The molecular formula is C16H22N2O3. The van der Waals surface area contributed by atoms with Gasteiger partial charge in [0.15, 0.2) is 0 Å². The largest absolute Gasteiger partial charge is 0.497 e. The van der Waals surface area contributed by atoms with Crippen LogP contribution in [0.25, 0.3) is 6.08 Å². The quantitative estimate of drug-likeness (QED) is 0.811. The molecule has 0 atom stereocenters. The lowest BCUT2D eigenvalue weighted by Crippen LogP contribution is -2.40. The van der Waals surface area contributed by atoms with Crippen molar-refractivity contribution in [1.82, 2.24) is 10.2 Å². The van der Waals surface area contributed by atoms with Gasteiger partial charge < -0.3 is 15.0 Å². The standard InChI is InChI=1S/C16H22N2O3/c1-12(2)17-15(19)11-18(3)16(20)9-8-13-6-5-7-14(10-13)21-4/h5-10,12H,11H2,1-4H3,(H,17,19)/b9-8+. The van der Waals surface area contributed by atoms with Crippen LogP contribution in [-0.4, -0.2) is 43.5 Å². The molecule has 1 N–H and O–H groups in total. The summed E-state index contributed by atoms with van der Waals surface area (Å²) in [5.41, 5.74) is 0.864. The molecule has 0 aromatic heterocycles. The van der Waals surface area contributed by atoms with Gasteiger partial charge in [-0.25, -0.2) is 0 Å². The minimum absolute atomic E-state index is 0.0411. The number of hydrogen-bond acceptors (Lipinski definition) is 3. The van der Waals surface area contributed by atoms with Crippen LogP contribution in [0, 0.1) is 0 Å². The van der Waals surface area contributed by atoms with Crippen LogP contribution in [0.2, 0.25) is 0 Å². The second-order valence-corrected chi connectivity index (χ2v) is 5.03. The van der Waals surface area contributed by atoms with Gasteiger partial charge in [-0.2, -0.15) is 0 Å². The molecule has 0 radical (unpaired) electrons. The molecule has 114 valence electrons. The Morgan fingerprint density at radius 2 is 2.10 bits per heavy atom. The van der Waals surface area contributed by atoms with Gasteiger partial charge in [-0.3, -0.25) is 9.59 Å². The fourth-order valence-corrected chi connectivity index (χ4v) is 1.70. The number of methoxy groups -OCH3 is 1. The SMILES string of the molecule is COc1cccc(/C=C/C(=O)N(C)CC(=O)NC(C)C)c1. The van der Waals surface area contributed by atoms with Gasteiger partial charge in [0.05, 0.1) is 13.7 Å². The van der Waals surface area contributed by atoms with E-state index in [2.05, 4.69) is 5.32 Å². The Morgan fingerprint density at radius 1 is 1.38 bits per heavy atom. The van der Waals surface area contributed by atoms with Crippen LogP contribution in [-0.2, 0) is 9.59 Å². The van der Waals surface area contributed by atoms with Crippen LogP contribution in [0.3, 0.4) is 0 Å². The van der Waals surface area contributed by atoms with Crippen LogP contribution in [0.1, 0.15) is 19.4 Å². The van der Waals surface area contributed by atoms with Crippen molar-refractivity contribution in [1.29, 1.82) is 0 Å². The fraction of sp³-hybridized carbons (Fsp3) is 0.375. The molecule has 2 amide bonds. The Balaban J connectivity index is 2.58. The average Bonchev–Trinajstić information content (AvgIpc) is 2.43. The smallest absolute Gasteiger partial charge is 0.246 e. The van der Waals surface area contributed by atoms with Gasteiger partial charge in [-0.15, -0.1) is 0 Å². The first-order chi connectivity index (χ1) is 9.92. The van der Waals surface area contributed by atoms with Crippen LogP contribution >= 0.6 is 0 Å². The van der Waals surface area contributed by atoms with Gasteiger partial charge in [0.25, 0.3) is 0 Å². The lowest BCUT2D eigenvalue weighted by molar-refractivity contribution is -0.131. The Bertz CT molecular complexity index is 524. The summed E-state index contributed by atoms with van der Waals surface area (Å²) in [6.45, 7) is 3.80. The number of rotatable bonds is 6. The lowest BCUT2D eigenvalue weighted by atomic mass is 10.2. The molecule has 5 heteroatoms. The molecule has 1 aromatic rings. The van der Waals surface area contributed by atoms with E-state index in [1.54, 1.807) is 20.2 Å². The maximum Gasteiger partial charge on any atom is 0.246 e. The topological polar surface area (TPSA) is 58.6 Å². The first-order valence-electron chi connectivity index (χ1n) is 6.79. The summed E-state index contributed by atoms with van der Waals surface area (Å²) in [5.74, 6) is 0.335. The van der Waals surface area contributed by atoms with E-state index in [1.165, 1.54) is 11.0 Å². The molecule has 0 bridgehead atoms. The first kappa shape index (κ1) is 16.8. The highest BCUT2D eigenvalue weighted by atomic mass is 16.5. The summed E-state index contributed by atoms with van der Waals surface area (Å²) in [6, 6.07) is 7.45. The van der Waals surface area contributed by atoms with Crippen LogP contribution in [0.5, 0.6) is 5.75 Å². The normalized spacial score (nSPS) is 10.7. The summed E-state index contributed by atoms with van der Waals surface area (Å²) in [7, 11) is 3.19. The van der Waals surface area contributed by atoms with E-state index in [4.69, 9.17) is 4.74 Å². The van der Waals surface area contributed by atoms with Gasteiger partial charge in [-0.1, -0.05) is 12.1 Å². The van der Waals surface area contributed by atoms with E-state index in [0.717, 1.165) is 11.3 Å². The molecule has 0 aliphatic rings. The number of ether oxygens (including phenoxy) is 1. The van der Waals surface area contributed by atoms with Crippen molar-refractivity contribution in [3.63, 3.8) is 0 Å². The minimum atomic E-state index is -0.225. The van der Waals surface area contributed by atoms with E-state index in [1.807, 2.05) is 38.1 Å². The van der Waals surface area contributed by atoms with Crippen LogP contribution in [0.15, 0.2) is 30.3 Å². The highest BCUT2D eigenvalue weighted by Crippen LogP contribution is 2.13. The molecule has 5 nitrogen and oxygen atoms in total. The Morgan fingerprint density at radius 3 is 2.71 bits per heavy atom. The lowest BCUT2D eigenvalue weighted by Gasteiger charge is -2.16. The highest BCUT2D eigenvalue weighted by molar-refractivity contribution is 5.94. The fourth-order valence-electron chi connectivity index (χ4n) is 1.70. The number of amides is 2. The predicted molar refractivity (Wildman–Crippen MR) is 82.9 cm³/mol. The molecule has 0 saturated carbocycles. The summed E-state index contributed by atoms with van der Waals surface area (Å²) in [6.07, 6.45) is 3.14. The van der Waals surface area contributed by atoms with Crippen LogP contribution < -0.4 is 10.1 Å². The Labute approximate surface area is 125 Å². The molecule has 0 unspecified atom stereocenters. The van der Waals surface area contributed by atoms with E-state index in [-0.39, 0.29) is 24.4 Å². The molecule has 1 aromatic carbocycles. The van der Waals surface area contributed by atoms with Crippen molar-refractivity contribution in [3.05, 3.63) is 35.9 Å². The third-order valence-electron chi connectivity index (χ3n) is 2.72. The number of nitrogens with one attached hydrogen (secondary N) is 1. The van der Waals surface area contributed by atoms with E-state index < -0.39 is 0 Å². The monoisotopic (exact) mass is 290 g/mol. The summed E-state index contributed by atoms with van der Waals surface area (Å²) in [5, 5.41) is 2.74. The van der Waals surface area contributed by atoms with Gasteiger partial charge in [0.2, 0.25) is 11.8 Å². The van der Waals surface area contributed by atoms with Crippen molar-refractivity contribution in [2.75, 3.05) is 20.7 Å². The first-order valence-corrected chi connectivity index (χ1v) is 6.79. The molecule has 0 aliphatic carbocycles. The Hall–Kier alpha value is -2.30. The van der Waals surface area contributed by atoms with E-state index in [0.29, 0.717) is 0 Å². The molecule has 0 heterocycles. The summed E-state index contributed by atoms with van der Waals surface area (Å²) >= 11 is 0. The molecular weight excluding hydrogens is 268 g/mol. The number of benzene rings is 1. The van der Waals surface area contributed by atoms with Crippen LogP contribution in [0.4, 0.5) is 0 Å². The zero-order valence-electron chi connectivity index (χ0n) is 12.9. The number of nitrogens with zero attached hydrogens (tertiary/aromatic N) is 1. The van der Waals surface area contributed by atoms with Crippen molar-refractivity contribution in [2.45, 2.75) is 19.9 Å². The molecule has 0 fully saturated rings. The van der Waals surface area contributed by atoms with E-state index >= 15 is 0 Å². The summed E-state index contributed by atoms with van der Waals surface area (Å²) in [4.78, 5) is 24.9. The highest BCUT2D eigenvalue weighted by Gasteiger charge is 2.10. The molecule has 0 spiro atoms. The van der Waals surface area contributed by atoms with Crippen molar-refractivity contribution >= 4 is 17.9 Å². The third kappa shape index (κ3) is 6.12. The summed E-state index contributed by atoms with van der Waals surface area (Å²) < 4.78 is 5.12. The second-order valence-electron chi connectivity index (χ2n) is 5.03. The van der Waals surface area contributed by atoms with Gasteiger partial charge in [0.1, 0.15) is 5.75 Å². The third-order valence-corrected chi connectivity index (χ3v) is 2.72. The maximum absolute atomic E-state index is 11.9. The minimum Gasteiger partial charge on any atom is -0.497 e. The molecule has 1 rings (SSSR count). The zero-order valence-corrected chi connectivity index (χ0v) is 12.9. The average molecular weight is 290 g/mol. The van der Waals surface area contributed by atoms with Gasteiger partial charge in [0, 0.05) is 19.2 Å². The predicted octanol–water partition coefficient (Wildman–Crippen LogP) is 1.69. The Kier molecular flexibility index (Phi) is 6.46. The molecule has 21 heavy (non-hydrogen) atoms. The molecule has 0 aliphatic heterocycles. The van der Waals surface area contributed by atoms with E-state index in [9.17, 15) is 9.59 Å². The zero-order chi connectivity index (χ0) is 15.8. The van der Waals surface area contributed by atoms with Gasteiger partial charge in [-0.05, 0) is 37.6 Å². The second kappa shape index (κ2) is 8.09. The van der Waals surface area contributed by atoms with Crippen molar-refractivity contribution in [2.24, 2.45) is 0 Å². The number of carbonyl (C=O) groups excluding carboxylic acids is 2. The number of hydrogen-bond donors (Lipinski definition) is 1. The maximum atomic E-state index is 11.9. The number of likely N-dealkylation sites (N-methyl/N-ethyl adjacent to an activating group) is 1. The van der Waals surface area contributed by atoms with Crippen molar-refractivity contribution < 1.29 is 14.3 Å². The van der Waals surface area contributed by atoms with Gasteiger partial charge >= 0.3 is 0 Å².